The third-order valence-electron chi connectivity index (χ3n) is 5.15. The molecule has 1 amide bonds. The highest BCUT2D eigenvalue weighted by Crippen LogP contribution is 2.23. The third-order valence-corrected chi connectivity index (χ3v) is 5.15. The molecule has 0 saturated carbocycles. The summed E-state index contributed by atoms with van der Waals surface area (Å²) in [6.45, 7) is 9.52. The highest BCUT2D eigenvalue weighted by atomic mass is 16.2. The molecule has 0 aromatic heterocycles. The number of rotatable bonds is 6. The average molecular weight is 381 g/mol. The van der Waals surface area contributed by atoms with Crippen molar-refractivity contribution in [3.63, 3.8) is 0 Å². The molecule has 1 aliphatic heterocycles. The van der Waals surface area contributed by atoms with Gasteiger partial charge in [-0.05, 0) is 44.0 Å². The lowest BCUT2D eigenvalue weighted by Gasteiger charge is -2.32. The molecule has 1 saturated heterocycles. The molecule has 3 heteroatoms. The monoisotopic (exact) mass is 380 g/mol. The Morgan fingerprint density at radius 3 is 2.14 bits per heavy atom. The van der Waals surface area contributed by atoms with Gasteiger partial charge in [-0.1, -0.05) is 80.4 Å². The van der Waals surface area contributed by atoms with Gasteiger partial charge < -0.3 is 9.80 Å². The molecule has 28 heavy (non-hydrogen) atoms. The van der Waals surface area contributed by atoms with Crippen molar-refractivity contribution in [1.82, 2.24) is 9.80 Å². The van der Waals surface area contributed by atoms with Crippen LogP contribution in [0.25, 0.3) is 0 Å². The van der Waals surface area contributed by atoms with Crippen molar-refractivity contribution in [2.75, 3.05) is 26.7 Å². The van der Waals surface area contributed by atoms with E-state index in [4.69, 9.17) is 0 Å². The minimum atomic E-state index is 0.109. The van der Waals surface area contributed by atoms with E-state index in [1.165, 1.54) is 30.4 Å². The molecular weight excluding hydrogens is 344 g/mol. The fourth-order valence-electron chi connectivity index (χ4n) is 3.52. The van der Waals surface area contributed by atoms with Crippen LogP contribution in [-0.4, -0.2) is 42.4 Å². The van der Waals surface area contributed by atoms with Crippen LogP contribution < -0.4 is 0 Å². The number of carbonyl (C=O) groups is 1. The van der Waals surface area contributed by atoms with Crippen LogP contribution in [0, 0.1) is 6.92 Å². The van der Waals surface area contributed by atoms with E-state index in [0.717, 1.165) is 25.2 Å². The van der Waals surface area contributed by atoms with Crippen LogP contribution in [-0.2, 0) is 11.2 Å². The van der Waals surface area contributed by atoms with Gasteiger partial charge in [-0.2, -0.15) is 0 Å². The maximum absolute atomic E-state index is 12.9. The van der Waals surface area contributed by atoms with E-state index in [9.17, 15) is 4.79 Å². The number of hydrogen-bond donors (Lipinski definition) is 0. The SMILES string of the molecule is CCC.Cc1ccc(CC(=O)N(C)C(CN2CCCC2)c2ccccc2)cc1. The van der Waals surface area contributed by atoms with Gasteiger partial charge in [0.05, 0.1) is 12.5 Å². The molecule has 1 atom stereocenters. The van der Waals surface area contributed by atoms with E-state index < -0.39 is 0 Å². The number of hydrogen-bond acceptors (Lipinski definition) is 2. The van der Waals surface area contributed by atoms with Crippen LogP contribution in [0.3, 0.4) is 0 Å². The zero-order valence-electron chi connectivity index (χ0n) is 18.0. The Labute approximate surface area is 171 Å². The lowest BCUT2D eigenvalue weighted by atomic mass is 10.0. The van der Waals surface area contributed by atoms with Gasteiger partial charge >= 0.3 is 0 Å². The van der Waals surface area contributed by atoms with Gasteiger partial charge in [-0.25, -0.2) is 0 Å². The fourth-order valence-corrected chi connectivity index (χ4v) is 3.52. The van der Waals surface area contributed by atoms with Gasteiger partial charge in [0.25, 0.3) is 0 Å². The van der Waals surface area contributed by atoms with Crippen LogP contribution in [0.1, 0.15) is 55.8 Å². The Morgan fingerprint density at radius 1 is 1.00 bits per heavy atom. The summed E-state index contributed by atoms with van der Waals surface area (Å²) in [5.41, 5.74) is 3.52. The summed E-state index contributed by atoms with van der Waals surface area (Å²) in [5, 5.41) is 0. The summed E-state index contributed by atoms with van der Waals surface area (Å²) in [6.07, 6.45) is 4.24. The lowest BCUT2D eigenvalue weighted by Crippen LogP contribution is -2.39. The molecule has 2 aromatic rings. The zero-order chi connectivity index (χ0) is 20.4. The van der Waals surface area contributed by atoms with Gasteiger partial charge in [0.15, 0.2) is 0 Å². The summed E-state index contributed by atoms with van der Waals surface area (Å²) in [7, 11) is 1.95. The first-order valence-corrected chi connectivity index (χ1v) is 10.6. The number of likely N-dealkylation sites (tertiary alicyclic amines) is 1. The number of carbonyl (C=O) groups excluding carboxylic acids is 1. The Hall–Kier alpha value is -2.13. The molecule has 0 N–H and O–H groups in total. The van der Waals surface area contributed by atoms with Crippen molar-refractivity contribution in [3.8, 4) is 0 Å². The van der Waals surface area contributed by atoms with E-state index in [1.54, 1.807) is 0 Å². The van der Waals surface area contributed by atoms with Crippen LogP contribution in [0.2, 0.25) is 0 Å². The molecule has 2 aromatic carbocycles. The highest BCUT2D eigenvalue weighted by molar-refractivity contribution is 5.79. The standard InChI is InChI=1S/C22H28N2O.C3H8/c1-18-10-12-19(13-11-18)16-22(25)23(2)21(17-24-14-6-7-15-24)20-8-4-3-5-9-20;1-3-2/h3-5,8-13,21H,6-7,14-17H2,1-2H3;3H2,1-2H3. The lowest BCUT2D eigenvalue weighted by molar-refractivity contribution is -0.131. The predicted molar refractivity (Wildman–Crippen MR) is 118 cm³/mol. The number of benzene rings is 2. The van der Waals surface area contributed by atoms with Crippen molar-refractivity contribution >= 4 is 5.91 Å². The van der Waals surface area contributed by atoms with Gasteiger partial charge in [0, 0.05) is 13.6 Å². The van der Waals surface area contributed by atoms with Crippen LogP contribution >= 0.6 is 0 Å². The Balaban J connectivity index is 0.000000878. The van der Waals surface area contributed by atoms with Gasteiger partial charge in [0.1, 0.15) is 0 Å². The maximum atomic E-state index is 12.9. The summed E-state index contributed by atoms with van der Waals surface area (Å²) in [5.74, 6) is 0.178. The Morgan fingerprint density at radius 2 is 1.57 bits per heavy atom. The summed E-state index contributed by atoms with van der Waals surface area (Å²) in [4.78, 5) is 17.3. The van der Waals surface area contributed by atoms with E-state index >= 15 is 0 Å². The molecule has 3 rings (SSSR count). The second-order valence-corrected chi connectivity index (χ2v) is 7.81. The third kappa shape index (κ3) is 6.79. The second-order valence-electron chi connectivity index (χ2n) is 7.81. The summed E-state index contributed by atoms with van der Waals surface area (Å²) in [6, 6.07) is 18.8. The van der Waals surface area contributed by atoms with E-state index in [2.05, 4.69) is 74.2 Å². The quantitative estimate of drug-likeness (QED) is 0.683. The number of likely N-dealkylation sites (N-methyl/N-ethyl adjacent to an activating group) is 1. The maximum Gasteiger partial charge on any atom is 0.227 e. The van der Waals surface area contributed by atoms with Gasteiger partial charge in [-0.3, -0.25) is 4.79 Å². The van der Waals surface area contributed by atoms with Gasteiger partial charge in [-0.15, -0.1) is 0 Å². The Bertz CT molecular complexity index is 690. The molecule has 152 valence electrons. The number of amides is 1. The van der Waals surface area contributed by atoms with E-state index in [0.29, 0.717) is 6.42 Å². The zero-order valence-corrected chi connectivity index (χ0v) is 18.0. The van der Waals surface area contributed by atoms with Crippen LogP contribution in [0.4, 0.5) is 0 Å². The molecule has 1 fully saturated rings. The minimum absolute atomic E-state index is 0.109. The van der Waals surface area contributed by atoms with Crippen LogP contribution in [0.5, 0.6) is 0 Å². The minimum Gasteiger partial charge on any atom is -0.337 e. The summed E-state index contributed by atoms with van der Waals surface area (Å²) >= 11 is 0. The highest BCUT2D eigenvalue weighted by Gasteiger charge is 2.25. The second kappa shape index (κ2) is 11.7. The first-order valence-electron chi connectivity index (χ1n) is 10.6. The average Bonchev–Trinajstić information content (AvgIpc) is 3.22. The molecule has 1 aliphatic rings. The molecule has 0 bridgehead atoms. The van der Waals surface area contributed by atoms with Crippen molar-refractivity contribution in [1.29, 1.82) is 0 Å². The fraction of sp³-hybridized carbons (Fsp3) is 0.480. The topological polar surface area (TPSA) is 23.6 Å². The molecule has 1 unspecified atom stereocenters. The van der Waals surface area contributed by atoms with Crippen molar-refractivity contribution in [2.45, 2.75) is 52.5 Å². The number of nitrogens with zero attached hydrogens (tertiary/aromatic N) is 2. The first kappa shape index (κ1) is 22.2. The van der Waals surface area contributed by atoms with Crippen molar-refractivity contribution in [3.05, 3.63) is 71.3 Å². The molecular formula is C25H36N2O. The molecule has 1 heterocycles. The van der Waals surface area contributed by atoms with E-state index in [-0.39, 0.29) is 11.9 Å². The largest absolute Gasteiger partial charge is 0.337 e. The van der Waals surface area contributed by atoms with Crippen molar-refractivity contribution in [2.24, 2.45) is 0 Å². The molecule has 0 aliphatic carbocycles. The molecule has 0 spiro atoms. The van der Waals surface area contributed by atoms with Crippen LogP contribution in [0.15, 0.2) is 54.6 Å². The molecule has 3 nitrogen and oxygen atoms in total. The van der Waals surface area contributed by atoms with Crippen molar-refractivity contribution < 1.29 is 4.79 Å². The van der Waals surface area contributed by atoms with E-state index in [1.807, 2.05) is 18.0 Å². The Kier molecular flexibility index (Phi) is 9.22. The first-order chi connectivity index (χ1) is 13.5. The predicted octanol–water partition coefficient (Wildman–Crippen LogP) is 5.25. The van der Waals surface area contributed by atoms with Gasteiger partial charge in [0.2, 0.25) is 5.91 Å². The smallest absolute Gasteiger partial charge is 0.227 e. The number of aryl methyl sites for hydroxylation is 1. The normalized spacial score (nSPS) is 14.9. The summed E-state index contributed by atoms with van der Waals surface area (Å²) < 4.78 is 0. The molecule has 0 radical (unpaired) electrons.